The highest BCUT2D eigenvalue weighted by Gasteiger charge is 2.23. The third-order valence-corrected chi connectivity index (χ3v) is 4.38. The fraction of sp³-hybridized carbons (Fsp3) is 0.688. The number of aromatic nitrogens is 1. The Balaban J connectivity index is 1.93. The van der Waals surface area contributed by atoms with E-state index >= 15 is 0 Å². The number of aryl methyl sites for hydroxylation is 1. The Bertz CT molecular complexity index is 513. The van der Waals surface area contributed by atoms with Crippen molar-refractivity contribution in [2.45, 2.75) is 46.2 Å². The van der Waals surface area contributed by atoms with E-state index < -0.39 is 12.5 Å². The van der Waals surface area contributed by atoms with Crippen molar-refractivity contribution in [3.05, 3.63) is 23.5 Å². The molecule has 0 bridgehead atoms. The molecule has 124 valence electrons. The standard InChI is InChI=1S/C16H25F2N3O/c1-11(2)20-8-4-5-13(10-20)9-19-15(22)14-7-6-12(3)21(14)16(17)18/h6-7,11,13,16H,4-5,8-10H2,1-3H3,(H,19,22)/t13-/m1/s1. The summed E-state index contributed by atoms with van der Waals surface area (Å²) in [7, 11) is 0. The van der Waals surface area contributed by atoms with E-state index in [0.29, 0.717) is 24.2 Å². The van der Waals surface area contributed by atoms with Gasteiger partial charge in [-0.15, -0.1) is 0 Å². The fourth-order valence-corrected chi connectivity index (χ4v) is 3.05. The van der Waals surface area contributed by atoms with Crippen molar-refractivity contribution in [2.24, 2.45) is 5.92 Å². The molecule has 0 unspecified atom stereocenters. The Morgan fingerprint density at radius 1 is 1.41 bits per heavy atom. The molecular weight excluding hydrogens is 288 g/mol. The molecule has 2 heterocycles. The largest absolute Gasteiger partial charge is 0.350 e. The van der Waals surface area contributed by atoms with Gasteiger partial charge in [-0.1, -0.05) is 0 Å². The Kier molecular flexibility index (Phi) is 5.56. The van der Waals surface area contributed by atoms with E-state index in [-0.39, 0.29) is 5.69 Å². The molecule has 2 rings (SSSR count). The van der Waals surface area contributed by atoms with Gasteiger partial charge in [-0.2, -0.15) is 8.78 Å². The average Bonchev–Trinajstić information content (AvgIpc) is 2.87. The molecule has 0 saturated carbocycles. The number of nitrogens with zero attached hydrogens (tertiary/aromatic N) is 2. The maximum absolute atomic E-state index is 13.0. The summed E-state index contributed by atoms with van der Waals surface area (Å²) in [6, 6.07) is 3.50. The number of likely N-dealkylation sites (tertiary alicyclic amines) is 1. The van der Waals surface area contributed by atoms with Gasteiger partial charge >= 0.3 is 6.55 Å². The van der Waals surface area contributed by atoms with Gasteiger partial charge in [0, 0.05) is 24.8 Å². The Morgan fingerprint density at radius 2 is 2.14 bits per heavy atom. The summed E-state index contributed by atoms with van der Waals surface area (Å²) in [5.74, 6) is -0.0359. The number of amides is 1. The van der Waals surface area contributed by atoms with Crippen LogP contribution in [0.15, 0.2) is 12.1 Å². The monoisotopic (exact) mass is 313 g/mol. The van der Waals surface area contributed by atoms with Crippen molar-refractivity contribution < 1.29 is 13.6 Å². The van der Waals surface area contributed by atoms with Crippen LogP contribution in [0.2, 0.25) is 0 Å². The van der Waals surface area contributed by atoms with Gasteiger partial charge in [-0.25, -0.2) is 0 Å². The Labute approximate surface area is 130 Å². The summed E-state index contributed by atoms with van der Waals surface area (Å²) >= 11 is 0. The second kappa shape index (κ2) is 7.22. The molecule has 0 radical (unpaired) electrons. The molecule has 1 aromatic rings. The number of hydrogen-bond acceptors (Lipinski definition) is 2. The highest BCUT2D eigenvalue weighted by atomic mass is 19.3. The van der Waals surface area contributed by atoms with E-state index in [0.717, 1.165) is 30.5 Å². The first-order valence-corrected chi connectivity index (χ1v) is 7.88. The minimum atomic E-state index is -2.69. The van der Waals surface area contributed by atoms with E-state index in [2.05, 4.69) is 24.1 Å². The molecular formula is C16H25F2N3O. The minimum absolute atomic E-state index is 0.0315. The summed E-state index contributed by atoms with van der Waals surface area (Å²) < 4.78 is 26.8. The number of rotatable bonds is 5. The fourth-order valence-electron chi connectivity index (χ4n) is 3.05. The molecule has 1 aliphatic rings. The average molecular weight is 313 g/mol. The first kappa shape index (κ1) is 16.9. The predicted molar refractivity (Wildman–Crippen MR) is 82.2 cm³/mol. The predicted octanol–water partition coefficient (Wildman–Crippen LogP) is 3.04. The van der Waals surface area contributed by atoms with Crippen molar-refractivity contribution in [1.29, 1.82) is 0 Å². The lowest BCUT2D eigenvalue weighted by molar-refractivity contribution is 0.0613. The van der Waals surface area contributed by atoms with Gasteiger partial charge in [0.2, 0.25) is 0 Å². The summed E-state index contributed by atoms with van der Waals surface area (Å²) in [5.41, 5.74) is 0.424. The zero-order valence-electron chi connectivity index (χ0n) is 13.5. The second-order valence-corrected chi connectivity index (χ2v) is 6.31. The molecule has 6 heteroatoms. The molecule has 4 nitrogen and oxygen atoms in total. The van der Waals surface area contributed by atoms with Gasteiger partial charge in [0.15, 0.2) is 0 Å². The van der Waals surface area contributed by atoms with E-state index in [1.807, 2.05) is 0 Å². The molecule has 0 aromatic carbocycles. The lowest BCUT2D eigenvalue weighted by Gasteiger charge is -2.35. The van der Waals surface area contributed by atoms with Crippen LogP contribution in [0, 0.1) is 12.8 Å². The van der Waals surface area contributed by atoms with Crippen LogP contribution in [0.1, 0.15) is 49.4 Å². The molecule has 1 amide bonds. The van der Waals surface area contributed by atoms with Crippen LogP contribution in [-0.4, -0.2) is 41.1 Å². The number of carbonyl (C=O) groups is 1. The van der Waals surface area contributed by atoms with Crippen molar-refractivity contribution >= 4 is 5.91 Å². The van der Waals surface area contributed by atoms with Gasteiger partial charge in [0.05, 0.1) is 0 Å². The molecule has 1 aliphatic heterocycles. The SMILES string of the molecule is Cc1ccc(C(=O)NC[C@H]2CCCN(C(C)C)C2)n1C(F)F. The van der Waals surface area contributed by atoms with Gasteiger partial charge in [-0.3, -0.25) is 9.36 Å². The van der Waals surface area contributed by atoms with E-state index in [1.54, 1.807) is 13.0 Å². The Hall–Kier alpha value is -1.43. The quantitative estimate of drug-likeness (QED) is 0.907. The number of piperidine rings is 1. The third-order valence-electron chi connectivity index (χ3n) is 4.38. The van der Waals surface area contributed by atoms with Crippen LogP contribution in [0.4, 0.5) is 8.78 Å². The third kappa shape index (κ3) is 3.85. The molecule has 1 saturated heterocycles. The zero-order valence-corrected chi connectivity index (χ0v) is 13.5. The summed E-state index contributed by atoms with van der Waals surface area (Å²) in [4.78, 5) is 14.6. The zero-order chi connectivity index (χ0) is 16.3. The van der Waals surface area contributed by atoms with Gasteiger partial charge < -0.3 is 10.2 Å². The van der Waals surface area contributed by atoms with E-state index in [9.17, 15) is 13.6 Å². The number of carbonyl (C=O) groups excluding carboxylic acids is 1. The van der Waals surface area contributed by atoms with Crippen molar-refractivity contribution in [1.82, 2.24) is 14.8 Å². The summed E-state index contributed by atoms with van der Waals surface area (Å²) in [6.45, 7) is 5.79. The maximum Gasteiger partial charge on any atom is 0.319 e. The van der Waals surface area contributed by atoms with Crippen LogP contribution in [-0.2, 0) is 0 Å². The molecule has 1 N–H and O–H groups in total. The Morgan fingerprint density at radius 3 is 2.77 bits per heavy atom. The molecule has 1 aromatic heterocycles. The molecule has 22 heavy (non-hydrogen) atoms. The van der Waals surface area contributed by atoms with Crippen molar-refractivity contribution in [3.63, 3.8) is 0 Å². The maximum atomic E-state index is 13.0. The van der Waals surface area contributed by atoms with Crippen molar-refractivity contribution in [3.8, 4) is 0 Å². The van der Waals surface area contributed by atoms with Crippen LogP contribution in [0.5, 0.6) is 0 Å². The number of halogens is 2. The van der Waals surface area contributed by atoms with Crippen LogP contribution in [0.25, 0.3) is 0 Å². The van der Waals surface area contributed by atoms with E-state index in [4.69, 9.17) is 0 Å². The lowest BCUT2D eigenvalue weighted by atomic mass is 9.97. The molecule has 1 fully saturated rings. The normalized spacial score (nSPS) is 19.9. The van der Waals surface area contributed by atoms with Gasteiger partial charge in [-0.05, 0) is 58.2 Å². The van der Waals surface area contributed by atoms with Crippen LogP contribution in [0.3, 0.4) is 0 Å². The molecule has 0 aliphatic carbocycles. The second-order valence-electron chi connectivity index (χ2n) is 6.31. The first-order chi connectivity index (χ1) is 10.4. The number of nitrogens with one attached hydrogen (secondary N) is 1. The summed E-state index contributed by atoms with van der Waals surface area (Å²) in [6.07, 6.45) is 2.18. The summed E-state index contributed by atoms with van der Waals surface area (Å²) in [5, 5.41) is 2.82. The number of hydrogen-bond donors (Lipinski definition) is 1. The van der Waals surface area contributed by atoms with Crippen molar-refractivity contribution in [2.75, 3.05) is 19.6 Å². The lowest BCUT2D eigenvalue weighted by Crippen LogP contribution is -2.44. The highest BCUT2D eigenvalue weighted by molar-refractivity contribution is 5.92. The topological polar surface area (TPSA) is 37.3 Å². The van der Waals surface area contributed by atoms with Gasteiger partial charge in [0.1, 0.15) is 5.69 Å². The first-order valence-electron chi connectivity index (χ1n) is 7.88. The van der Waals surface area contributed by atoms with Crippen LogP contribution >= 0.6 is 0 Å². The number of alkyl halides is 2. The highest BCUT2D eigenvalue weighted by Crippen LogP contribution is 2.20. The van der Waals surface area contributed by atoms with Crippen LogP contribution < -0.4 is 5.32 Å². The minimum Gasteiger partial charge on any atom is -0.350 e. The smallest absolute Gasteiger partial charge is 0.319 e. The molecule has 1 atom stereocenters. The molecule has 0 spiro atoms. The van der Waals surface area contributed by atoms with Gasteiger partial charge in [0.25, 0.3) is 5.91 Å². The van der Waals surface area contributed by atoms with E-state index in [1.165, 1.54) is 6.07 Å².